The Morgan fingerprint density at radius 2 is 1.68 bits per heavy atom. The van der Waals surface area contributed by atoms with Crippen molar-refractivity contribution in [1.82, 2.24) is 0 Å². The first-order valence-electron chi connectivity index (χ1n) is 6.61. The van der Waals surface area contributed by atoms with E-state index in [1.54, 1.807) is 0 Å². The summed E-state index contributed by atoms with van der Waals surface area (Å²) in [6.07, 6.45) is 1.18. The van der Waals surface area contributed by atoms with E-state index in [0.29, 0.717) is 0 Å². The lowest BCUT2D eigenvalue weighted by molar-refractivity contribution is 1.19. The van der Waals surface area contributed by atoms with Gasteiger partial charge in [0.15, 0.2) is 0 Å². The molecule has 0 aliphatic heterocycles. The summed E-state index contributed by atoms with van der Waals surface area (Å²) in [6, 6.07) is 13.1. The van der Waals surface area contributed by atoms with Crippen LogP contribution in [0.4, 0.5) is 0 Å². The van der Waals surface area contributed by atoms with E-state index in [1.807, 2.05) is 22.7 Å². The van der Waals surface area contributed by atoms with Gasteiger partial charge in [-0.3, -0.25) is 0 Å². The predicted octanol–water partition coefficient (Wildman–Crippen LogP) is 6.14. The summed E-state index contributed by atoms with van der Waals surface area (Å²) in [5, 5.41) is 1.41. The molecule has 19 heavy (non-hydrogen) atoms. The van der Waals surface area contributed by atoms with E-state index in [-0.39, 0.29) is 0 Å². The first kappa shape index (κ1) is 14.3. The number of thiophene rings is 2. The zero-order valence-electron chi connectivity index (χ0n) is 12.0. The van der Waals surface area contributed by atoms with Crippen LogP contribution in [-0.2, 0) is 6.42 Å². The van der Waals surface area contributed by atoms with Crippen LogP contribution in [0, 0.1) is 20.8 Å². The Kier molecular flexibility index (Phi) is 4.78. The summed E-state index contributed by atoms with van der Waals surface area (Å²) in [4.78, 5) is 4.30. The van der Waals surface area contributed by atoms with E-state index in [1.165, 1.54) is 36.7 Å². The Labute approximate surface area is 123 Å². The fourth-order valence-electron chi connectivity index (χ4n) is 2.01. The normalized spacial score (nSPS) is 10.3. The molecule has 0 fully saturated rings. The van der Waals surface area contributed by atoms with Crippen molar-refractivity contribution in [2.75, 3.05) is 0 Å². The van der Waals surface area contributed by atoms with Gasteiger partial charge in [0.2, 0.25) is 0 Å². The van der Waals surface area contributed by atoms with Crippen LogP contribution >= 0.6 is 22.7 Å². The maximum atomic E-state index is 2.26. The molecule has 3 aromatic rings. The lowest BCUT2D eigenvalue weighted by Gasteiger charge is -1.91. The molecule has 0 spiro atoms. The van der Waals surface area contributed by atoms with E-state index in [0.717, 1.165) is 0 Å². The number of aryl methyl sites for hydroxylation is 4. The lowest BCUT2D eigenvalue weighted by Crippen LogP contribution is -1.69. The molecule has 2 heteroatoms. The van der Waals surface area contributed by atoms with Gasteiger partial charge in [0.25, 0.3) is 0 Å². The summed E-state index contributed by atoms with van der Waals surface area (Å²) in [5.41, 5.74) is 1.38. The Morgan fingerprint density at radius 1 is 0.895 bits per heavy atom. The van der Waals surface area contributed by atoms with Crippen LogP contribution < -0.4 is 0 Å². The van der Waals surface area contributed by atoms with Crippen LogP contribution in [-0.4, -0.2) is 0 Å². The third-order valence-corrected chi connectivity index (χ3v) is 5.21. The minimum atomic E-state index is 1.18. The zero-order chi connectivity index (χ0) is 13.8. The van der Waals surface area contributed by atoms with Gasteiger partial charge >= 0.3 is 0 Å². The van der Waals surface area contributed by atoms with Gasteiger partial charge in [-0.15, -0.1) is 22.7 Å². The lowest BCUT2D eigenvalue weighted by atomic mass is 10.1. The molecule has 1 aromatic carbocycles. The molecule has 3 rings (SSSR count). The van der Waals surface area contributed by atoms with Gasteiger partial charge in [-0.1, -0.05) is 19.1 Å². The summed E-state index contributed by atoms with van der Waals surface area (Å²) in [5.74, 6) is 0. The highest BCUT2D eigenvalue weighted by Crippen LogP contribution is 2.26. The molecule has 0 aliphatic rings. The van der Waals surface area contributed by atoms with Crippen LogP contribution in [0.3, 0.4) is 0 Å². The van der Waals surface area contributed by atoms with Crippen molar-refractivity contribution < 1.29 is 0 Å². The van der Waals surface area contributed by atoms with Crippen molar-refractivity contribution in [2.45, 2.75) is 34.1 Å². The molecule has 0 amide bonds. The maximum absolute atomic E-state index is 2.26. The quantitative estimate of drug-likeness (QED) is 0.504. The molecule has 0 bridgehead atoms. The van der Waals surface area contributed by atoms with Crippen molar-refractivity contribution in [3.8, 4) is 0 Å². The molecular formula is C17H20S2. The molecule has 0 saturated heterocycles. The average molecular weight is 288 g/mol. The Hall–Kier alpha value is -1.12. The SMILES string of the molecule is CCc1ccc(C)s1.Cc1cc2c(C)cccc2s1. The van der Waals surface area contributed by atoms with Crippen molar-refractivity contribution in [3.63, 3.8) is 0 Å². The van der Waals surface area contributed by atoms with Crippen LogP contribution in [0.15, 0.2) is 36.4 Å². The van der Waals surface area contributed by atoms with Crippen molar-refractivity contribution in [3.05, 3.63) is 56.6 Å². The zero-order valence-corrected chi connectivity index (χ0v) is 13.6. The standard InChI is InChI=1S/C10H10S.C7H10S/c1-7-4-3-5-10-9(7)6-8(2)11-10;1-3-7-5-4-6(2)8-7/h3-6H,1-2H3;4-5H,3H2,1-2H3. The summed E-state index contributed by atoms with van der Waals surface area (Å²) < 4.78 is 1.41. The minimum absolute atomic E-state index is 1.18. The molecular weight excluding hydrogens is 268 g/mol. The van der Waals surface area contributed by atoms with E-state index in [9.17, 15) is 0 Å². The molecule has 2 aromatic heterocycles. The van der Waals surface area contributed by atoms with E-state index >= 15 is 0 Å². The van der Waals surface area contributed by atoms with Gasteiger partial charge in [-0.2, -0.15) is 0 Å². The van der Waals surface area contributed by atoms with E-state index in [2.05, 4.69) is 64.1 Å². The number of hydrogen-bond acceptors (Lipinski definition) is 2. The smallest absolute Gasteiger partial charge is 0.0348 e. The monoisotopic (exact) mass is 288 g/mol. The van der Waals surface area contributed by atoms with E-state index in [4.69, 9.17) is 0 Å². The Bertz CT molecular complexity index is 659. The second-order valence-corrected chi connectivity index (χ2v) is 7.37. The molecule has 0 saturated carbocycles. The molecule has 100 valence electrons. The molecule has 2 heterocycles. The number of fused-ring (bicyclic) bond motifs is 1. The summed E-state index contributed by atoms with van der Waals surface area (Å²) in [6.45, 7) is 8.65. The summed E-state index contributed by atoms with van der Waals surface area (Å²) in [7, 11) is 0. The predicted molar refractivity (Wildman–Crippen MR) is 89.7 cm³/mol. The van der Waals surface area contributed by atoms with Crippen LogP contribution in [0.1, 0.15) is 27.1 Å². The van der Waals surface area contributed by atoms with Gasteiger partial charge in [-0.05, 0) is 62.4 Å². The van der Waals surface area contributed by atoms with Gasteiger partial charge in [0.1, 0.15) is 0 Å². The van der Waals surface area contributed by atoms with Crippen LogP contribution in [0.2, 0.25) is 0 Å². The third-order valence-electron chi connectivity index (χ3n) is 3.05. The summed E-state index contributed by atoms with van der Waals surface area (Å²) >= 11 is 3.75. The van der Waals surface area contributed by atoms with Gasteiger partial charge in [-0.25, -0.2) is 0 Å². The first-order valence-corrected chi connectivity index (χ1v) is 8.24. The fourth-order valence-corrected chi connectivity index (χ4v) is 3.84. The van der Waals surface area contributed by atoms with Gasteiger partial charge in [0.05, 0.1) is 0 Å². The van der Waals surface area contributed by atoms with E-state index < -0.39 is 0 Å². The fraction of sp³-hybridized carbons (Fsp3) is 0.294. The van der Waals surface area contributed by atoms with Crippen LogP contribution in [0.25, 0.3) is 10.1 Å². The van der Waals surface area contributed by atoms with Crippen molar-refractivity contribution in [2.24, 2.45) is 0 Å². The number of hydrogen-bond donors (Lipinski definition) is 0. The second-order valence-electron chi connectivity index (χ2n) is 4.71. The van der Waals surface area contributed by atoms with Crippen molar-refractivity contribution >= 4 is 32.8 Å². The van der Waals surface area contributed by atoms with Gasteiger partial charge < -0.3 is 0 Å². The number of rotatable bonds is 1. The maximum Gasteiger partial charge on any atom is 0.0348 e. The average Bonchev–Trinajstić information content (AvgIpc) is 2.96. The first-order chi connectivity index (χ1) is 9.10. The molecule has 0 aliphatic carbocycles. The van der Waals surface area contributed by atoms with Gasteiger partial charge in [0, 0.05) is 19.3 Å². The minimum Gasteiger partial charge on any atom is -0.146 e. The molecule has 0 N–H and O–H groups in total. The Balaban J connectivity index is 0.000000148. The third kappa shape index (κ3) is 3.68. The highest BCUT2D eigenvalue weighted by Gasteiger charge is 1.98. The molecule has 0 radical (unpaired) electrons. The topological polar surface area (TPSA) is 0 Å². The molecule has 0 nitrogen and oxygen atoms in total. The second kappa shape index (κ2) is 6.36. The highest BCUT2D eigenvalue weighted by molar-refractivity contribution is 7.19. The molecule has 0 atom stereocenters. The largest absolute Gasteiger partial charge is 0.146 e. The van der Waals surface area contributed by atoms with Crippen LogP contribution in [0.5, 0.6) is 0 Å². The highest BCUT2D eigenvalue weighted by atomic mass is 32.1. The molecule has 0 unspecified atom stereocenters. The Morgan fingerprint density at radius 3 is 2.21 bits per heavy atom. The number of benzene rings is 1. The van der Waals surface area contributed by atoms with Crippen molar-refractivity contribution in [1.29, 1.82) is 0 Å².